The second kappa shape index (κ2) is 7.43. The van der Waals surface area contributed by atoms with E-state index >= 15 is 0 Å². The Balaban J connectivity index is 2.52. The minimum atomic E-state index is 0.0838. The first-order chi connectivity index (χ1) is 10.1. The smallest absolute Gasteiger partial charge is 0.0762 e. The molecule has 0 radical (unpaired) electrons. The van der Waals surface area contributed by atoms with Gasteiger partial charge in [0.05, 0.1) is 22.4 Å². The van der Waals surface area contributed by atoms with Gasteiger partial charge in [0, 0.05) is 11.6 Å². The van der Waals surface area contributed by atoms with Crippen molar-refractivity contribution in [2.75, 3.05) is 6.54 Å². The van der Waals surface area contributed by atoms with Crippen LogP contribution < -0.4 is 5.32 Å². The van der Waals surface area contributed by atoms with E-state index < -0.39 is 0 Å². The zero-order valence-corrected chi connectivity index (χ0v) is 15.0. The second-order valence-electron chi connectivity index (χ2n) is 5.08. The third kappa shape index (κ3) is 3.68. The minimum Gasteiger partial charge on any atom is -0.305 e. The topological polar surface area (TPSA) is 29.9 Å². The Morgan fingerprint density at radius 3 is 2.81 bits per heavy atom. The number of nitrogens with zero attached hydrogens (tertiary/aromatic N) is 2. The summed E-state index contributed by atoms with van der Waals surface area (Å²) in [4.78, 5) is 0. The third-order valence-electron chi connectivity index (χ3n) is 3.56. The summed E-state index contributed by atoms with van der Waals surface area (Å²) in [6.45, 7) is 8.17. The van der Waals surface area contributed by atoms with Gasteiger partial charge in [0.25, 0.3) is 0 Å². The third-order valence-corrected chi connectivity index (χ3v) is 4.40. The van der Waals surface area contributed by atoms with Gasteiger partial charge >= 0.3 is 0 Å². The molecule has 21 heavy (non-hydrogen) atoms. The predicted molar refractivity (Wildman–Crippen MR) is 91.9 cm³/mol. The number of aryl methyl sites for hydroxylation is 2. The monoisotopic (exact) mass is 369 g/mol. The van der Waals surface area contributed by atoms with Crippen molar-refractivity contribution in [1.29, 1.82) is 0 Å². The van der Waals surface area contributed by atoms with E-state index in [-0.39, 0.29) is 6.04 Å². The molecule has 1 atom stereocenters. The lowest BCUT2D eigenvalue weighted by Gasteiger charge is -2.23. The molecule has 0 saturated carbocycles. The minimum absolute atomic E-state index is 0.0838. The van der Waals surface area contributed by atoms with Crippen molar-refractivity contribution in [3.63, 3.8) is 0 Å². The van der Waals surface area contributed by atoms with Crippen LogP contribution in [0.5, 0.6) is 0 Å². The number of halogens is 2. The van der Waals surface area contributed by atoms with E-state index in [1.165, 1.54) is 11.1 Å². The summed E-state index contributed by atoms with van der Waals surface area (Å²) in [5.74, 6) is 0. The van der Waals surface area contributed by atoms with Crippen molar-refractivity contribution in [3.8, 4) is 0 Å². The van der Waals surface area contributed by atoms with Crippen molar-refractivity contribution >= 4 is 27.5 Å². The summed E-state index contributed by atoms with van der Waals surface area (Å²) < 4.78 is 3.05. The van der Waals surface area contributed by atoms with Gasteiger partial charge in [-0.2, -0.15) is 5.10 Å². The molecular formula is C16H21BrClN3. The quantitative estimate of drug-likeness (QED) is 0.797. The van der Waals surface area contributed by atoms with Crippen LogP contribution in [-0.2, 0) is 6.54 Å². The van der Waals surface area contributed by atoms with Crippen molar-refractivity contribution in [1.82, 2.24) is 15.1 Å². The highest BCUT2D eigenvalue weighted by Crippen LogP contribution is 2.31. The lowest BCUT2D eigenvalue weighted by Crippen LogP contribution is -2.26. The molecule has 0 aliphatic rings. The van der Waals surface area contributed by atoms with Crippen LogP contribution in [0.25, 0.3) is 0 Å². The number of rotatable bonds is 6. The van der Waals surface area contributed by atoms with Crippen LogP contribution in [0.1, 0.15) is 43.1 Å². The lowest BCUT2D eigenvalue weighted by molar-refractivity contribution is 0.527. The van der Waals surface area contributed by atoms with Crippen LogP contribution in [-0.4, -0.2) is 16.3 Å². The van der Waals surface area contributed by atoms with Gasteiger partial charge in [-0.25, -0.2) is 0 Å². The van der Waals surface area contributed by atoms with Crippen LogP contribution in [0.15, 0.2) is 28.9 Å². The van der Waals surface area contributed by atoms with Crippen LogP contribution in [0, 0.1) is 6.92 Å². The molecule has 114 valence electrons. The van der Waals surface area contributed by atoms with Gasteiger partial charge in [0.1, 0.15) is 0 Å². The lowest BCUT2D eigenvalue weighted by atomic mass is 9.98. The van der Waals surface area contributed by atoms with Crippen LogP contribution in [0.2, 0.25) is 5.02 Å². The molecule has 2 rings (SSSR count). The van der Waals surface area contributed by atoms with E-state index in [4.69, 9.17) is 11.6 Å². The van der Waals surface area contributed by atoms with Crippen molar-refractivity contribution in [3.05, 3.63) is 50.7 Å². The van der Waals surface area contributed by atoms with Crippen LogP contribution in [0.4, 0.5) is 0 Å². The fourth-order valence-corrected chi connectivity index (χ4v) is 3.18. The summed E-state index contributed by atoms with van der Waals surface area (Å²) in [7, 11) is 0. The Bertz CT molecular complexity index is 610. The highest BCUT2D eigenvalue weighted by Gasteiger charge is 2.22. The average molecular weight is 371 g/mol. The van der Waals surface area contributed by atoms with Gasteiger partial charge < -0.3 is 5.32 Å². The zero-order valence-electron chi connectivity index (χ0n) is 12.7. The van der Waals surface area contributed by atoms with Crippen LogP contribution in [0.3, 0.4) is 0 Å². The summed E-state index contributed by atoms with van der Waals surface area (Å²) >= 11 is 9.84. The van der Waals surface area contributed by atoms with Gasteiger partial charge in [0.2, 0.25) is 0 Å². The highest BCUT2D eigenvalue weighted by atomic mass is 79.9. The number of nitrogens with one attached hydrogen (secondary N) is 1. The largest absolute Gasteiger partial charge is 0.305 e. The molecule has 0 aliphatic heterocycles. The first-order valence-corrected chi connectivity index (χ1v) is 8.46. The second-order valence-corrected chi connectivity index (χ2v) is 6.37. The molecule has 0 saturated heterocycles. The van der Waals surface area contributed by atoms with E-state index in [2.05, 4.69) is 53.2 Å². The number of aromatic nitrogens is 2. The first kappa shape index (κ1) is 16.5. The molecule has 1 unspecified atom stereocenters. The maximum atomic E-state index is 6.21. The van der Waals surface area contributed by atoms with Crippen molar-refractivity contribution < 1.29 is 0 Å². The molecule has 1 aromatic heterocycles. The van der Waals surface area contributed by atoms with E-state index in [1.807, 2.05) is 23.0 Å². The molecule has 5 heteroatoms. The molecule has 1 heterocycles. The Hall–Kier alpha value is -0.840. The van der Waals surface area contributed by atoms with Crippen molar-refractivity contribution in [2.45, 2.75) is 39.8 Å². The molecule has 0 spiro atoms. The van der Waals surface area contributed by atoms with E-state index in [1.54, 1.807) is 0 Å². The van der Waals surface area contributed by atoms with Crippen LogP contribution >= 0.6 is 27.5 Å². The molecule has 1 aromatic carbocycles. The Labute approximate surface area is 139 Å². The summed E-state index contributed by atoms with van der Waals surface area (Å²) in [6.07, 6.45) is 2.94. The van der Waals surface area contributed by atoms with Crippen molar-refractivity contribution in [2.24, 2.45) is 0 Å². The standard InChI is InChI=1S/C16H21BrClN3/c1-4-8-19-15(13-9-12(18)7-6-11(13)3)16-14(17)10-20-21(16)5-2/h6-7,9-10,15,19H,4-5,8H2,1-3H3. The zero-order chi connectivity index (χ0) is 15.4. The number of hydrogen-bond acceptors (Lipinski definition) is 2. The van der Waals surface area contributed by atoms with E-state index in [0.29, 0.717) is 0 Å². The molecule has 0 fully saturated rings. The Morgan fingerprint density at radius 2 is 2.14 bits per heavy atom. The van der Waals surface area contributed by atoms with Gasteiger partial charge in [0.15, 0.2) is 0 Å². The van der Waals surface area contributed by atoms with E-state index in [9.17, 15) is 0 Å². The molecule has 1 N–H and O–H groups in total. The van der Waals surface area contributed by atoms with Gasteiger partial charge in [-0.3, -0.25) is 4.68 Å². The first-order valence-electron chi connectivity index (χ1n) is 7.29. The number of benzene rings is 1. The Kier molecular flexibility index (Phi) is 5.85. The SMILES string of the molecule is CCCNC(c1cc(Cl)ccc1C)c1c(Br)cnn1CC. The summed E-state index contributed by atoms with van der Waals surface area (Å²) in [5.41, 5.74) is 3.58. The molecule has 0 aliphatic carbocycles. The summed E-state index contributed by atoms with van der Waals surface area (Å²) in [6, 6.07) is 6.13. The maximum Gasteiger partial charge on any atom is 0.0762 e. The molecule has 0 amide bonds. The van der Waals surface area contributed by atoms with Gasteiger partial charge in [-0.05, 0) is 66.0 Å². The number of hydrogen-bond donors (Lipinski definition) is 1. The molecule has 0 bridgehead atoms. The average Bonchev–Trinajstić information content (AvgIpc) is 2.84. The highest BCUT2D eigenvalue weighted by molar-refractivity contribution is 9.10. The predicted octanol–water partition coefficient (Wildman–Crippen LogP) is 4.72. The molecule has 2 aromatic rings. The molecular weight excluding hydrogens is 350 g/mol. The normalized spacial score (nSPS) is 12.6. The van der Waals surface area contributed by atoms with E-state index in [0.717, 1.165) is 34.7 Å². The maximum absolute atomic E-state index is 6.21. The summed E-state index contributed by atoms with van der Waals surface area (Å²) in [5, 5.41) is 8.82. The Morgan fingerprint density at radius 1 is 1.38 bits per heavy atom. The molecule has 3 nitrogen and oxygen atoms in total. The van der Waals surface area contributed by atoms with Gasteiger partial charge in [-0.15, -0.1) is 0 Å². The fourth-order valence-electron chi connectivity index (χ4n) is 2.48. The fraction of sp³-hybridized carbons (Fsp3) is 0.438. The van der Waals surface area contributed by atoms with Gasteiger partial charge in [-0.1, -0.05) is 24.6 Å².